The van der Waals surface area contributed by atoms with Crippen LogP contribution >= 0.6 is 15.9 Å². The third-order valence-electron chi connectivity index (χ3n) is 3.32. The minimum atomic E-state index is -1.21. The molecule has 0 saturated carbocycles. The summed E-state index contributed by atoms with van der Waals surface area (Å²) in [6.45, 7) is 1.64. The molecule has 2 aromatic carbocycles. The van der Waals surface area contributed by atoms with Gasteiger partial charge in [-0.2, -0.15) is 0 Å². The zero-order valence-corrected chi connectivity index (χ0v) is 13.1. The average molecular weight is 367 g/mol. The Morgan fingerprint density at radius 1 is 1.14 bits per heavy atom. The van der Waals surface area contributed by atoms with Crippen molar-refractivity contribution in [2.45, 2.75) is 13.3 Å². The number of hydrogen-bond acceptors (Lipinski definition) is 2. The highest BCUT2D eigenvalue weighted by Crippen LogP contribution is 2.23. The normalized spacial score (nSPS) is 10.5. The second-order valence-electron chi connectivity index (χ2n) is 4.85. The van der Waals surface area contributed by atoms with Gasteiger partial charge in [0.05, 0.1) is 15.6 Å². The summed E-state index contributed by atoms with van der Waals surface area (Å²) in [5.41, 5.74) is 1.45. The molecule has 0 atom stereocenters. The lowest BCUT2D eigenvalue weighted by Crippen LogP contribution is -2.09. The molecule has 0 aliphatic rings. The first kappa shape index (κ1) is 16.2. The lowest BCUT2D eigenvalue weighted by molar-refractivity contribution is 0.0695. The summed E-state index contributed by atoms with van der Waals surface area (Å²) in [5, 5.41) is 18.3. The lowest BCUT2D eigenvalue weighted by Gasteiger charge is -2.12. The number of aromatic carboxylic acids is 2. The molecule has 0 fully saturated rings. The van der Waals surface area contributed by atoms with Crippen LogP contribution in [0.15, 0.2) is 34.8 Å². The SMILES string of the molecule is Cc1cc(C(=O)O)cc(C(=O)O)c1Cc1ccc(Br)c(F)c1. The summed E-state index contributed by atoms with van der Waals surface area (Å²) in [5.74, 6) is -2.83. The molecule has 2 aromatic rings. The van der Waals surface area contributed by atoms with Crippen LogP contribution in [0.25, 0.3) is 0 Å². The smallest absolute Gasteiger partial charge is 0.336 e. The summed E-state index contributed by atoms with van der Waals surface area (Å²) in [7, 11) is 0. The van der Waals surface area contributed by atoms with Gasteiger partial charge in [-0.3, -0.25) is 0 Å². The van der Waals surface area contributed by atoms with Gasteiger partial charge in [0.1, 0.15) is 5.82 Å². The van der Waals surface area contributed by atoms with Crippen molar-refractivity contribution in [1.29, 1.82) is 0 Å². The topological polar surface area (TPSA) is 74.6 Å². The van der Waals surface area contributed by atoms with Crippen LogP contribution in [-0.4, -0.2) is 22.2 Å². The number of aryl methyl sites for hydroxylation is 1. The zero-order valence-electron chi connectivity index (χ0n) is 11.6. The Morgan fingerprint density at radius 3 is 2.36 bits per heavy atom. The largest absolute Gasteiger partial charge is 0.478 e. The first-order chi connectivity index (χ1) is 10.3. The summed E-state index contributed by atoms with van der Waals surface area (Å²) < 4.78 is 13.9. The van der Waals surface area contributed by atoms with E-state index < -0.39 is 17.8 Å². The van der Waals surface area contributed by atoms with E-state index in [-0.39, 0.29) is 17.5 Å². The van der Waals surface area contributed by atoms with Crippen molar-refractivity contribution < 1.29 is 24.2 Å². The molecule has 22 heavy (non-hydrogen) atoms. The Morgan fingerprint density at radius 2 is 1.82 bits per heavy atom. The van der Waals surface area contributed by atoms with Crippen LogP contribution in [0.4, 0.5) is 4.39 Å². The molecule has 0 heterocycles. The van der Waals surface area contributed by atoms with E-state index in [1.165, 1.54) is 12.1 Å². The van der Waals surface area contributed by atoms with Gasteiger partial charge >= 0.3 is 11.9 Å². The second kappa shape index (κ2) is 6.27. The van der Waals surface area contributed by atoms with Gasteiger partial charge in [-0.05, 0) is 70.2 Å². The van der Waals surface area contributed by atoms with E-state index in [1.54, 1.807) is 19.1 Å². The van der Waals surface area contributed by atoms with Crippen LogP contribution in [-0.2, 0) is 6.42 Å². The number of rotatable bonds is 4. The van der Waals surface area contributed by atoms with Crippen molar-refractivity contribution in [3.63, 3.8) is 0 Å². The third-order valence-corrected chi connectivity index (χ3v) is 3.96. The standard InChI is InChI=1S/C16H12BrFO4/c1-8-4-10(15(19)20)7-12(16(21)22)11(8)5-9-2-3-13(17)14(18)6-9/h2-4,6-7H,5H2,1H3,(H,19,20)(H,21,22). The molecule has 2 rings (SSSR count). The highest BCUT2D eigenvalue weighted by Gasteiger charge is 2.17. The molecule has 114 valence electrons. The van der Waals surface area contributed by atoms with Crippen LogP contribution in [0.1, 0.15) is 37.4 Å². The number of carboxylic acid groups (broad SMARTS) is 2. The van der Waals surface area contributed by atoms with Crippen molar-refractivity contribution in [1.82, 2.24) is 0 Å². The predicted octanol–water partition coefficient (Wildman–Crippen LogP) is 3.88. The molecular weight excluding hydrogens is 355 g/mol. The maximum atomic E-state index is 13.6. The Bertz CT molecular complexity index is 771. The number of hydrogen-bond donors (Lipinski definition) is 2. The van der Waals surface area contributed by atoms with Crippen LogP contribution in [0.3, 0.4) is 0 Å². The lowest BCUT2D eigenvalue weighted by atomic mass is 9.93. The molecule has 0 aromatic heterocycles. The molecule has 0 aliphatic carbocycles. The molecule has 4 nitrogen and oxygen atoms in total. The van der Waals surface area contributed by atoms with Crippen molar-refractivity contribution in [2.24, 2.45) is 0 Å². The maximum absolute atomic E-state index is 13.6. The maximum Gasteiger partial charge on any atom is 0.336 e. The first-order valence-electron chi connectivity index (χ1n) is 6.33. The van der Waals surface area contributed by atoms with Crippen molar-refractivity contribution in [3.05, 3.63) is 68.4 Å². The first-order valence-corrected chi connectivity index (χ1v) is 7.13. The van der Waals surface area contributed by atoms with Crippen molar-refractivity contribution in [3.8, 4) is 0 Å². The van der Waals surface area contributed by atoms with Crippen LogP contribution in [0.5, 0.6) is 0 Å². The average Bonchev–Trinajstić information content (AvgIpc) is 2.44. The van der Waals surface area contributed by atoms with Gasteiger partial charge in [-0.15, -0.1) is 0 Å². The molecule has 0 saturated heterocycles. The highest BCUT2D eigenvalue weighted by atomic mass is 79.9. The molecule has 0 aliphatic heterocycles. The van der Waals surface area contributed by atoms with E-state index in [2.05, 4.69) is 15.9 Å². The number of benzene rings is 2. The van der Waals surface area contributed by atoms with E-state index in [1.807, 2.05) is 0 Å². The van der Waals surface area contributed by atoms with E-state index in [9.17, 15) is 19.1 Å². The van der Waals surface area contributed by atoms with E-state index >= 15 is 0 Å². The number of carboxylic acids is 2. The Kier molecular flexibility index (Phi) is 4.61. The summed E-state index contributed by atoms with van der Waals surface area (Å²) in [6, 6.07) is 7.09. The van der Waals surface area contributed by atoms with Crippen LogP contribution in [0, 0.1) is 12.7 Å². The summed E-state index contributed by atoms with van der Waals surface area (Å²) in [6.07, 6.45) is 0.206. The Hall–Kier alpha value is -2.21. The quantitative estimate of drug-likeness (QED) is 0.860. The Balaban J connectivity index is 2.51. The molecule has 6 heteroatoms. The molecule has 0 amide bonds. The number of halogens is 2. The minimum absolute atomic E-state index is 0.0827. The number of carbonyl (C=O) groups is 2. The van der Waals surface area contributed by atoms with Gasteiger partial charge in [0.2, 0.25) is 0 Å². The Labute approximate surface area is 134 Å². The van der Waals surface area contributed by atoms with Gasteiger partial charge in [0.25, 0.3) is 0 Å². The van der Waals surface area contributed by atoms with Gasteiger partial charge < -0.3 is 10.2 Å². The van der Waals surface area contributed by atoms with Crippen molar-refractivity contribution >= 4 is 27.9 Å². The van der Waals surface area contributed by atoms with Crippen molar-refractivity contribution in [2.75, 3.05) is 0 Å². The fourth-order valence-corrected chi connectivity index (χ4v) is 2.47. The predicted molar refractivity (Wildman–Crippen MR) is 82.0 cm³/mol. The third kappa shape index (κ3) is 3.33. The van der Waals surface area contributed by atoms with Gasteiger partial charge in [-0.1, -0.05) is 6.07 Å². The molecule has 2 N–H and O–H groups in total. The van der Waals surface area contributed by atoms with E-state index in [4.69, 9.17) is 5.11 Å². The van der Waals surface area contributed by atoms with Crippen LogP contribution < -0.4 is 0 Å². The molecule has 0 unspecified atom stereocenters. The minimum Gasteiger partial charge on any atom is -0.478 e. The highest BCUT2D eigenvalue weighted by molar-refractivity contribution is 9.10. The monoisotopic (exact) mass is 366 g/mol. The second-order valence-corrected chi connectivity index (χ2v) is 5.71. The fraction of sp³-hybridized carbons (Fsp3) is 0.125. The van der Waals surface area contributed by atoms with E-state index in [0.29, 0.717) is 21.2 Å². The van der Waals surface area contributed by atoms with E-state index in [0.717, 1.165) is 6.07 Å². The van der Waals surface area contributed by atoms with Gasteiger partial charge in [0, 0.05) is 0 Å². The molecule has 0 bridgehead atoms. The summed E-state index contributed by atoms with van der Waals surface area (Å²) >= 11 is 3.06. The van der Waals surface area contributed by atoms with Gasteiger partial charge in [0.15, 0.2) is 0 Å². The zero-order chi connectivity index (χ0) is 16.4. The molecule has 0 spiro atoms. The molecular formula is C16H12BrFO4. The van der Waals surface area contributed by atoms with Crippen LogP contribution in [0.2, 0.25) is 0 Å². The van der Waals surface area contributed by atoms with Gasteiger partial charge in [-0.25, -0.2) is 14.0 Å². The summed E-state index contributed by atoms with van der Waals surface area (Å²) in [4.78, 5) is 22.4. The molecule has 0 radical (unpaired) electrons. The fourth-order valence-electron chi connectivity index (χ4n) is 2.22.